The minimum atomic E-state index is -1.19. The van der Waals surface area contributed by atoms with E-state index >= 15 is 0 Å². The number of nitro benzene ring substituents is 1. The molecule has 1 heterocycles. The van der Waals surface area contributed by atoms with Crippen molar-refractivity contribution in [2.24, 2.45) is 0 Å². The van der Waals surface area contributed by atoms with Crippen molar-refractivity contribution in [1.82, 2.24) is 5.32 Å². The van der Waals surface area contributed by atoms with Crippen molar-refractivity contribution in [1.29, 1.82) is 0 Å². The van der Waals surface area contributed by atoms with E-state index in [2.05, 4.69) is 5.32 Å². The van der Waals surface area contributed by atoms with E-state index in [1.165, 1.54) is 24.3 Å². The van der Waals surface area contributed by atoms with E-state index in [0.29, 0.717) is 5.56 Å². The monoisotopic (exact) mass is 290 g/mol. The van der Waals surface area contributed by atoms with Crippen LogP contribution in [0.4, 0.5) is 5.69 Å². The van der Waals surface area contributed by atoms with Gasteiger partial charge < -0.3 is 14.8 Å². The Balaban J connectivity index is 1.97. The molecule has 0 fully saturated rings. The van der Waals surface area contributed by atoms with Crippen molar-refractivity contribution in [3.63, 3.8) is 0 Å². The summed E-state index contributed by atoms with van der Waals surface area (Å²) >= 11 is 0. The zero-order valence-corrected chi connectivity index (χ0v) is 10.6. The maximum Gasteiger partial charge on any atom is 0.338 e. The number of carbonyl (C=O) groups excluding carboxylic acids is 1. The quantitative estimate of drug-likeness (QED) is 0.639. The number of non-ortho nitro benzene ring substituents is 1. The zero-order valence-electron chi connectivity index (χ0n) is 10.6. The Morgan fingerprint density at radius 3 is 2.48 bits per heavy atom. The molecule has 0 aliphatic rings. The number of benzene rings is 1. The number of nitrogens with one attached hydrogen (secondary N) is 1. The van der Waals surface area contributed by atoms with Gasteiger partial charge in [-0.2, -0.15) is 0 Å². The number of carbonyl (C=O) groups is 2. The fraction of sp³-hybridized carbons (Fsp3) is 0.0769. The van der Waals surface area contributed by atoms with Gasteiger partial charge in [-0.15, -0.1) is 0 Å². The summed E-state index contributed by atoms with van der Waals surface area (Å²) in [7, 11) is 0. The minimum Gasteiger partial charge on any atom is -0.478 e. The van der Waals surface area contributed by atoms with Crippen LogP contribution >= 0.6 is 0 Å². The summed E-state index contributed by atoms with van der Waals surface area (Å²) in [6, 6.07) is 6.81. The van der Waals surface area contributed by atoms with Gasteiger partial charge in [0.2, 0.25) is 0 Å². The Kier molecular flexibility index (Phi) is 3.98. The third kappa shape index (κ3) is 3.44. The van der Waals surface area contributed by atoms with Crippen LogP contribution in [0.25, 0.3) is 0 Å². The molecule has 0 saturated heterocycles. The predicted octanol–water partition coefficient (Wildman–Crippen LogP) is 1.82. The van der Waals surface area contributed by atoms with Gasteiger partial charge in [0.1, 0.15) is 6.26 Å². The molecule has 0 aliphatic carbocycles. The smallest absolute Gasteiger partial charge is 0.338 e. The van der Waals surface area contributed by atoms with E-state index in [0.717, 1.165) is 12.3 Å². The Bertz CT molecular complexity index is 689. The molecule has 2 rings (SSSR count). The highest BCUT2D eigenvalue weighted by Crippen LogP contribution is 2.12. The Labute approximate surface area is 118 Å². The highest BCUT2D eigenvalue weighted by Gasteiger charge is 2.14. The zero-order chi connectivity index (χ0) is 15.4. The summed E-state index contributed by atoms with van der Waals surface area (Å²) in [6.07, 6.45) is 0.975. The van der Waals surface area contributed by atoms with Crippen LogP contribution in [-0.4, -0.2) is 21.9 Å². The summed E-state index contributed by atoms with van der Waals surface area (Å²) in [5, 5.41) is 21.7. The van der Waals surface area contributed by atoms with E-state index in [1.54, 1.807) is 0 Å². The second-order valence-corrected chi connectivity index (χ2v) is 4.11. The Hall–Kier alpha value is -3.16. The second kappa shape index (κ2) is 5.87. The molecule has 0 spiro atoms. The summed E-state index contributed by atoms with van der Waals surface area (Å²) in [4.78, 5) is 32.4. The molecule has 0 atom stereocenters. The first-order valence-electron chi connectivity index (χ1n) is 5.80. The number of nitrogens with zero attached hydrogens (tertiary/aromatic N) is 1. The van der Waals surface area contributed by atoms with Gasteiger partial charge in [-0.3, -0.25) is 14.9 Å². The third-order valence-corrected chi connectivity index (χ3v) is 2.67. The summed E-state index contributed by atoms with van der Waals surface area (Å²) < 4.78 is 4.84. The molecule has 2 N–H and O–H groups in total. The fourth-order valence-electron chi connectivity index (χ4n) is 1.57. The highest BCUT2D eigenvalue weighted by atomic mass is 16.6. The molecule has 8 heteroatoms. The van der Waals surface area contributed by atoms with Crippen molar-refractivity contribution < 1.29 is 24.0 Å². The maximum absolute atomic E-state index is 11.7. The van der Waals surface area contributed by atoms with Crippen LogP contribution in [0, 0.1) is 10.1 Å². The average molecular weight is 290 g/mol. The number of amides is 1. The highest BCUT2D eigenvalue weighted by molar-refractivity contribution is 5.95. The molecule has 0 bridgehead atoms. The van der Waals surface area contributed by atoms with Crippen molar-refractivity contribution in [2.45, 2.75) is 6.54 Å². The number of hydrogen-bond acceptors (Lipinski definition) is 5. The van der Waals surface area contributed by atoms with Crippen molar-refractivity contribution >= 4 is 17.6 Å². The van der Waals surface area contributed by atoms with E-state index in [9.17, 15) is 19.7 Å². The van der Waals surface area contributed by atoms with Crippen LogP contribution in [0.5, 0.6) is 0 Å². The lowest BCUT2D eigenvalue weighted by Gasteiger charge is -2.03. The first-order valence-corrected chi connectivity index (χ1v) is 5.80. The molecule has 0 unspecified atom stereocenters. The Morgan fingerprint density at radius 1 is 1.29 bits per heavy atom. The fourth-order valence-corrected chi connectivity index (χ4v) is 1.57. The van der Waals surface area contributed by atoms with Crippen molar-refractivity contribution in [3.8, 4) is 0 Å². The van der Waals surface area contributed by atoms with E-state index in [1.807, 2.05) is 0 Å². The first-order chi connectivity index (χ1) is 9.97. The summed E-state index contributed by atoms with van der Waals surface area (Å²) in [6.45, 7) is 0.139. The van der Waals surface area contributed by atoms with Crippen molar-refractivity contribution in [2.75, 3.05) is 0 Å². The van der Waals surface area contributed by atoms with E-state index in [-0.39, 0.29) is 23.6 Å². The molecule has 108 valence electrons. The molecule has 21 heavy (non-hydrogen) atoms. The maximum atomic E-state index is 11.7. The average Bonchev–Trinajstić information content (AvgIpc) is 2.95. The van der Waals surface area contributed by atoms with Crippen LogP contribution in [0.3, 0.4) is 0 Å². The lowest BCUT2D eigenvalue weighted by molar-refractivity contribution is -0.384. The molecule has 1 aromatic carbocycles. The van der Waals surface area contributed by atoms with Crippen LogP contribution in [0.2, 0.25) is 0 Å². The topological polar surface area (TPSA) is 123 Å². The molecule has 0 aliphatic heterocycles. The molecule has 8 nitrogen and oxygen atoms in total. The van der Waals surface area contributed by atoms with Gasteiger partial charge >= 0.3 is 5.97 Å². The second-order valence-electron chi connectivity index (χ2n) is 4.11. The molecule has 2 aromatic rings. The van der Waals surface area contributed by atoms with E-state index < -0.39 is 16.8 Å². The van der Waals surface area contributed by atoms with Crippen LogP contribution < -0.4 is 5.32 Å². The minimum absolute atomic E-state index is 0.0396. The number of rotatable bonds is 5. The number of nitro groups is 1. The number of aromatic carboxylic acids is 1. The standard InChI is InChI=1S/C13H10N2O6/c16-12(11-5-9(7-21-11)13(17)18)14-6-8-1-3-10(4-2-8)15(19)20/h1-5,7H,6H2,(H,14,16)(H,17,18). The Morgan fingerprint density at radius 2 is 1.95 bits per heavy atom. The van der Waals surface area contributed by atoms with Crippen molar-refractivity contribution in [3.05, 3.63) is 63.6 Å². The van der Waals surface area contributed by atoms with Gasteiger partial charge in [0.15, 0.2) is 5.76 Å². The summed E-state index contributed by atoms with van der Waals surface area (Å²) in [5.74, 6) is -1.87. The van der Waals surface area contributed by atoms with Gasteiger partial charge in [-0.05, 0) is 5.56 Å². The molecular weight excluding hydrogens is 280 g/mol. The van der Waals surface area contributed by atoms with Gasteiger partial charge in [0, 0.05) is 24.7 Å². The van der Waals surface area contributed by atoms with Crippen LogP contribution in [0.1, 0.15) is 26.5 Å². The normalized spacial score (nSPS) is 10.1. The van der Waals surface area contributed by atoms with Gasteiger partial charge in [-0.1, -0.05) is 12.1 Å². The number of carboxylic acids is 1. The van der Waals surface area contributed by atoms with E-state index in [4.69, 9.17) is 9.52 Å². The first kappa shape index (κ1) is 14.3. The summed E-state index contributed by atoms with van der Waals surface area (Å²) in [5.41, 5.74) is 0.511. The number of hydrogen-bond donors (Lipinski definition) is 2. The molecule has 1 aromatic heterocycles. The van der Waals surface area contributed by atoms with Gasteiger partial charge in [-0.25, -0.2) is 4.79 Å². The largest absolute Gasteiger partial charge is 0.478 e. The van der Waals surface area contributed by atoms with Gasteiger partial charge in [0.05, 0.1) is 10.5 Å². The molecule has 0 saturated carbocycles. The molecule has 1 amide bonds. The predicted molar refractivity (Wildman–Crippen MR) is 69.9 cm³/mol. The lowest BCUT2D eigenvalue weighted by Crippen LogP contribution is -2.22. The number of carboxylic acid groups (broad SMARTS) is 1. The molecule has 0 radical (unpaired) electrons. The third-order valence-electron chi connectivity index (χ3n) is 2.67. The van der Waals surface area contributed by atoms with Crippen LogP contribution in [-0.2, 0) is 6.54 Å². The SMILES string of the molecule is O=C(O)c1coc(C(=O)NCc2ccc([N+](=O)[O-])cc2)c1. The lowest BCUT2D eigenvalue weighted by atomic mass is 10.2. The van der Waals surface area contributed by atoms with Crippen LogP contribution in [0.15, 0.2) is 41.0 Å². The number of furan rings is 1. The van der Waals surface area contributed by atoms with Gasteiger partial charge in [0.25, 0.3) is 11.6 Å². The molecular formula is C13H10N2O6.